The average molecular weight is 1250 g/mol. The van der Waals surface area contributed by atoms with Crippen LogP contribution in [0.2, 0.25) is 0 Å². The van der Waals surface area contributed by atoms with E-state index in [9.17, 15) is 66.4 Å². The maximum Gasteiger partial charge on any atom is 0.187 e. The van der Waals surface area contributed by atoms with Crippen molar-refractivity contribution in [1.82, 2.24) is 0 Å². The zero-order chi connectivity index (χ0) is 63.3. The Morgan fingerprint density at radius 2 is 1.23 bits per heavy atom. The fourth-order valence-corrected chi connectivity index (χ4v) is 17.5. The van der Waals surface area contributed by atoms with Gasteiger partial charge in [-0.1, -0.05) is 53.2 Å². The van der Waals surface area contributed by atoms with Gasteiger partial charge in [-0.3, -0.25) is 0 Å². The highest BCUT2D eigenvalue weighted by molar-refractivity contribution is 5.30. The SMILES string of the molecule is C[C@H](CC[C@@H](O[C@@H]1OC(CO)C[C@H](O)C1O[C@@H]1OC(CO)C[C@H](O[C@@H]2OC(CO)C[C@H](O)[C@H]2O)[C@H]1O)C(C)(C)O)C1CC[C@@]2(C)C3CC=C4C(CC[C@H](O[C@@H]5O[C@H](CO)C[C@H](CCO[C@@H]6O[C@H](C#CO)[C@@H](O)[C@H](O)[C@H]6O)[C@H]5O)C4(C)C)[C@]3(C)CC[C@]12C. The number of aliphatic hydroxyl groups excluding tert-OH is 13. The molecular formula is C63H104O24. The van der Waals surface area contributed by atoms with Crippen LogP contribution in [0.3, 0.4) is 0 Å². The molecule has 5 aliphatic heterocycles. The summed E-state index contributed by atoms with van der Waals surface area (Å²) in [5.74, 6) is 3.10. The zero-order valence-electron chi connectivity index (χ0n) is 51.9. The van der Waals surface area contributed by atoms with E-state index < -0.39 is 166 Å². The van der Waals surface area contributed by atoms with Gasteiger partial charge in [-0.05, 0) is 136 Å². The lowest BCUT2D eigenvalue weighted by Crippen LogP contribution is -2.60. The van der Waals surface area contributed by atoms with Crippen LogP contribution in [0.15, 0.2) is 11.6 Å². The lowest BCUT2D eigenvalue weighted by atomic mass is 9.39. The smallest absolute Gasteiger partial charge is 0.187 e. The molecule has 14 N–H and O–H groups in total. The average Bonchev–Trinajstić information content (AvgIpc) is 1.98. The third-order valence-corrected chi connectivity index (χ3v) is 22.9. The van der Waals surface area contributed by atoms with Crippen LogP contribution in [0.25, 0.3) is 0 Å². The summed E-state index contributed by atoms with van der Waals surface area (Å²) in [6, 6.07) is 0. The fraction of sp³-hybridized carbons (Fsp3) is 0.937. The second-order valence-electron chi connectivity index (χ2n) is 28.9. The number of ether oxygens (including phenoxy) is 10. The zero-order valence-corrected chi connectivity index (χ0v) is 51.9. The first kappa shape index (κ1) is 69.5. The molecule has 87 heavy (non-hydrogen) atoms. The van der Waals surface area contributed by atoms with Crippen LogP contribution in [0.5, 0.6) is 0 Å². The van der Waals surface area contributed by atoms with E-state index in [0.29, 0.717) is 37.0 Å². The highest BCUT2D eigenvalue weighted by Crippen LogP contribution is 2.75. The summed E-state index contributed by atoms with van der Waals surface area (Å²) >= 11 is 0. The minimum atomic E-state index is -1.63. The fourth-order valence-electron chi connectivity index (χ4n) is 17.5. The molecule has 5 heterocycles. The summed E-state index contributed by atoms with van der Waals surface area (Å²) in [6.45, 7) is 15.9. The van der Waals surface area contributed by atoms with Crippen LogP contribution in [0.4, 0.5) is 0 Å². The lowest BCUT2D eigenvalue weighted by Gasteiger charge is -2.66. The first-order valence-electron chi connectivity index (χ1n) is 32.0. The molecule has 24 heteroatoms. The van der Waals surface area contributed by atoms with Crippen molar-refractivity contribution < 1.29 is 119 Å². The molecule has 0 aromatic heterocycles. The van der Waals surface area contributed by atoms with E-state index in [4.69, 9.17) is 52.5 Å². The summed E-state index contributed by atoms with van der Waals surface area (Å²) < 4.78 is 61.2. The summed E-state index contributed by atoms with van der Waals surface area (Å²) in [5, 5.41) is 149. The first-order chi connectivity index (χ1) is 41.1. The van der Waals surface area contributed by atoms with E-state index in [0.717, 1.165) is 44.9 Å². The van der Waals surface area contributed by atoms with Crippen LogP contribution < -0.4 is 0 Å². The quantitative estimate of drug-likeness (QED) is 0.0556. The maximum absolute atomic E-state index is 11.8. The Labute approximate surface area is 511 Å². The molecular weight excluding hydrogens is 1140 g/mol. The number of hydrogen-bond donors (Lipinski definition) is 14. The number of hydrogen-bond acceptors (Lipinski definition) is 24. The molecule has 9 rings (SSSR count). The second kappa shape index (κ2) is 28.0. The lowest BCUT2D eigenvalue weighted by molar-refractivity contribution is -0.367. The number of allylic oxidation sites excluding steroid dienone is 1. The minimum absolute atomic E-state index is 0.00199. The standard InChI is InChI=1S/C63H104O24/c1-31(9-13-46(60(4,5)77)86-58-53(41(70)25-35(29-67)82-58)87-57-50(74)43(26-36(30-68)81-57)84-56-48(72)40(69)24-34(28-66)80-56)37-15-18-63(8)44-12-10-38-39(61(44,6)19-20-62(37,63)7)11-14-45(59(38,2)3)85-55-47(71)32(23-33(27-65)79-55)17-22-78-54-52(76)51(75)49(73)42(83-54)16-21-64/h10,31-37,39-58,64-77H,9,11-15,17-20,22-30H2,1-8H3/t31-,32+,33+,34?,35?,36?,37?,39?,40+,41+,42-,43+,44?,45+,46-,47-,48-,49-,50-,51+,52-,53?,54-,55+,56+,57+,58+,61+,62-,63+/m1/s1. The topological polar surface area (TPSA) is 376 Å². The molecule has 500 valence electrons. The van der Waals surface area contributed by atoms with E-state index in [1.807, 2.05) is 0 Å². The van der Waals surface area contributed by atoms with Crippen molar-refractivity contribution >= 4 is 0 Å². The Bertz CT molecular complexity index is 2330. The Kier molecular flexibility index (Phi) is 22.4. The molecule has 4 aliphatic carbocycles. The molecule has 0 radical (unpaired) electrons. The van der Waals surface area contributed by atoms with Gasteiger partial charge in [0.05, 0.1) is 93.6 Å². The molecule has 0 aromatic carbocycles. The summed E-state index contributed by atoms with van der Waals surface area (Å²) in [7, 11) is 0. The van der Waals surface area contributed by atoms with Crippen molar-refractivity contribution in [2.75, 3.05) is 33.0 Å². The molecule has 30 atom stereocenters. The van der Waals surface area contributed by atoms with Crippen molar-refractivity contribution in [2.24, 2.45) is 51.2 Å². The summed E-state index contributed by atoms with van der Waals surface area (Å²) in [4.78, 5) is 0. The number of aliphatic hydroxyl groups is 14. The molecule has 0 spiro atoms. The normalized spacial score (nSPS) is 48.2. The highest BCUT2D eigenvalue weighted by Gasteiger charge is 2.68. The van der Waals surface area contributed by atoms with E-state index in [-0.39, 0.29) is 67.2 Å². The molecule has 0 bridgehead atoms. The third kappa shape index (κ3) is 13.9. The first-order valence-corrected chi connectivity index (χ1v) is 32.0. The Hall–Kier alpha value is -1.82. The predicted octanol–water partition coefficient (Wildman–Crippen LogP) is 0.717. The van der Waals surface area contributed by atoms with Crippen LogP contribution in [-0.2, 0) is 47.4 Å². The van der Waals surface area contributed by atoms with Crippen molar-refractivity contribution in [1.29, 1.82) is 0 Å². The molecule has 9 aliphatic rings. The van der Waals surface area contributed by atoms with Gasteiger partial charge in [-0.25, -0.2) is 0 Å². The highest BCUT2D eigenvalue weighted by atomic mass is 16.8. The van der Waals surface area contributed by atoms with E-state index in [1.54, 1.807) is 20.0 Å². The van der Waals surface area contributed by atoms with Crippen molar-refractivity contribution in [3.8, 4) is 12.0 Å². The number of fused-ring (bicyclic) bond motifs is 5. The van der Waals surface area contributed by atoms with Gasteiger partial charge in [0.15, 0.2) is 37.6 Å². The van der Waals surface area contributed by atoms with Crippen LogP contribution >= 0.6 is 0 Å². The molecule has 3 saturated carbocycles. The summed E-state index contributed by atoms with van der Waals surface area (Å²) in [5.41, 5.74) is -0.467. The number of rotatable bonds is 21. The molecule has 24 nitrogen and oxygen atoms in total. The Balaban J connectivity index is 0.833. The third-order valence-electron chi connectivity index (χ3n) is 22.9. The van der Waals surface area contributed by atoms with Crippen LogP contribution in [0, 0.1) is 63.3 Å². The van der Waals surface area contributed by atoms with Gasteiger partial charge >= 0.3 is 0 Å². The molecule has 0 amide bonds. The van der Waals surface area contributed by atoms with Gasteiger partial charge in [0, 0.05) is 24.7 Å². The Morgan fingerprint density at radius 3 is 1.87 bits per heavy atom. The van der Waals surface area contributed by atoms with Gasteiger partial charge in [0.25, 0.3) is 0 Å². The second-order valence-corrected chi connectivity index (χ2v) is 28.9. The predicted molar refractivity (Wildman–Crippen MR) is 305 cm³/mol. The van der Waals surface area contributed by atoms with Crippen LogP contribution in [0.1, 0.15) is 145 Å². The summed E-state index contributed by atoms with van der Waals surface area (Å²) in [6.07, 6.45) is -14.0. The van der Waals surface area contributed by atoms with E-state index in [2.05, 4.69) is 53.5 Å². The van der Waals surface area contributed by atoms with E-state index in [1.165, 1.54) is 5.57 Å². The molecule has 7 unspecified atom stereocenters. The van der Waals surface area contributed by atoms with Crippen molar-refractivity contribution in [2.45, 2.75) is 286 Å². The molecule has 5 saturated heterocycles. The largest absolute Gasteiger partial charge is 0.462 e. The van der Waals surface area contributed by atoms with Crippen LogP contribution in [-0.4, -0.2) is 245 Å². The monoisotopic (exact) mass is 1240 g/mol. The van der Waals surface area contributed by atoms with Gasteiger partial charge < -0.3 is 119 Å². The minimum Gasteiger partial charge on any atom is -0.462 e. The molecule has 0 aromatic rings. The van der Waals surface area contributed by atoms with Crippen molar-refractivity contribution in [3.63, 3.8) is 0 Å². The maximum atomic E-state index is 11.8. The molecule has 8 fully saturated rings. The van der Waals surface area contributed by atoms with Crippen molar-refractivity contribution in [3.05, 3.63) is 11.6 Å². The van der Waals surface area contributed by atoms with E-state index >= 15 is 0 Å². The van der Waals surface area contributed by atoms with Gasteiger partial charge in [0.2, 0.25) is 0 Å². The van der Waals surface area contributed by atoms with Gasteiger partial charge in [-0.2, -0.15) is 0 Å². The van der Waals surface area contributed by atoms with Gasteiger partial charge in [0.1, 0.15) is 48.8 Å². The van der Waals surface area contributed by atoms with Gasteiger partial charge in [-0.15, -0.1) is 0 Å². The Morgan fingerprint density at radius 1 is 0.621 bits per heavy atom.